The lowest BCUT2D eigenvalue weighted by Gasteiger charge is -2.15. The Morgan fingerprint density at radius 2 is 1.95 bits per heavy atom. The van der Waals surface area contributed by atoms with Crippen LogP contribution in [-0.4, -0.2) is 27.2 Å². The first-order valence-electron chi connectivity index (χ1n) is 5.09. The van der Waals surface area contributed by atoms with E-state index in [-0.39, 0.29) is 10.8 Å². The largest absolute Gasteiger partial charge is 0.481 e. The van der Waals surface area contributed by atoms with Crippen LogP contribution in [0.1, 0.15) is 5.56 Å². The van der Waals surface area contributed by atoms with Gasteiger partial charge in [0.2, 0.25) is 0 Å². The monoisotopic (exact) mass is 314 g/mol. The summed E-state index contributed by atoms with van der Waals surface area (Å²) in [5, 5.41) is 8.78. The molecule has 0 heterocycles. The van der Waals surface area contributed by atoms with Gasteiger partial charge < -0.3 is 5.11 Å². The van der Waals surface area contributed by atoms with Crippen LogP contribution in [0.4, 0.5) is 13.2 Å². The number of benzene rings is 1. The van der Waals surface area contributed by atoms with Crippen molar-refractivity contribution in [3.63, 3.8) is 0 Å². The van der Waals surface area contributed by atoms with E-state index >= 15 is 0 Å². The number of carboxylic acid groups (broad SMARTS) is 1. The molecule has 3 nitrogen and oxygen atoms in total. The maximum atomic E-state index is 12.4. The Labute approximate surface area is 114 Å². The van der Waals surface area contributed by atoms with Crippen LogP contribution in [0.5, 0.6) is 0 Å². The van der Waals surface area contributed by atoms with Crippen LogP contribution in [0.2, 0.25) is 5.02 Å². The third kappa shape index (κ3) is 4.83. The lowest BCUT2D eigenvalue weighted by atomic mass is 10.2. The zero-order valence-corrected chi connectivity index (χ0v) is 11.1. The van der Waals surface area contributed by atoms with Crippen LogP contribution in [0.15, 0.2) is 24.3 Å². The molecule has 1 N–H and O–H groups in total. The lowest BCUT2D eigenvalue weighted by molar-refractivity contribution is -0.188. The second kappa shape index (κ2) is 6.38. The second-order valence-corrected chi connectivity index (χ2v) is 5.68. The van der Waals surface area contributed by atoms with Gasteiger partial charge in [0.1, 0.15) is 0 Å². The first-order valence-corrected chi connectivity index (χ1v) is 6.96. The Bertz CT molecular complexity index is 490. The molecule has 0 amide bonds. The van der Waals surface area contributed by atoms with E-state index in [9.17, 15) is 22.2 Å². The zero-order valence-electron chi connectivity index (χ0n) is 9.48. The van der Waals surface area contributed by atoms with Gasteiger partial charge in [-0.15, -0.1) is 0 Å². The lowest BCUT2D eigenvalue weighted by Crippen LogP contribution is -2.35. The van der Waals surface area contributed by atoms with Crippen molar-refractivity contribution in [3.8, 4) is 0 Å². The molecule has 2 atom stereocenters. The molecule has 0 aliphatic rings. The van der Waals surface area contributed by atoms with Crippen LogP contribution < -0.4 is 0 Å². The van der Waals surface area contributed by atoms with Crippen molar-refractivity contribution in [1.82, 2.24) is 0 Å². The van der Waals surface area contributed by atoms with Crippen molar-refractivity contribution in [2.24, 2.45) is 5.92 Å². The van der Waals surface area contributed by atoms with Crippen LogP contribution in [-0.2, 0) is 21.3 Å². The fourth-order valence-corrected chi connectivity index (χ4v) is 3.04. The van der Waals surface area contributed by atoms with Crippen molar-refractivity contribution in [3.05, 3.63) is 34.9 Å². The summed E-state index contributed by atoms with van der Waals surface area (Å²) in [5.41, 5.74) is 0.425. The van der Waals surface area contributed by atoms with Gasteiger partial charge in [0, 0.05) is 21.6 Å². The van der Waals surface area contributed by atoms with E-state index in [1.165, 1.54) is 12.1 Å². The summed E-state index contributed by atoms with van der Waals surface area (Å²) in [6.45, 7) is 0. The van der Waals surface area contributed by atoms with Gasteiger partial charge >= 0.3 is 12.1 Å². The van der Waals surface area contributed by atoms with Crippen LogP contribution in [0, 0.1) is 5.92 Å². The number of rotatable bonds is 5. The third-order valence-corrected chi connectivity index (χ3v) is 4.03. The molecule has 2 unspecified atom stereocenters. The highest BCUT2D eigenvalue weighted by Gasteiger charge is 2.45. The number of carbonyl (C=O) groups is 1. The molecule has 1 aromatic rings. The summed E-state index contributed by atoms with van der Waals surface area (Å²) in [4.78, 5) is 10.5. The Kier molecular flexibility index (Phi) is 5.37. The molecule has 0 bridgehead atoms. The zero-order chi connectivity index (χ0) is 14.6. The Balaban J connectivity index is 2.75. The average Bonchev–Trinajstić information content (AvgIpc) is 2.27. The molecule has 1 rings (SSSR count). The van der Waals surface area contributed by atoms with Crippen molar-refractivity contribution in [2.45, 2.75) is 11.9 Å². The maximum Gasteiger partial charge on any atom is 0.403 e. The Morgan fingerprint density at radius 1 is 1.37 bits per heavy atom. The minimum Gasteiger partial charge on any atom is -0.481 e. The van der Waals surface area contributed by atoms with E-state index in [2.05, 4.69) is 0 Å². The quantitative estimate of drug-likeness (QED) is 0.909. The number of alkyl halides is 3. The predicted molar refractivity (Wildman–Crippen MR) is 65.3 cm³/mol. The predicted octanol–water partition coefficient (Wildman–Crippen LogP) is 2.85. The molecule has 19 heavy (non-hydrogen) atoms. The minimum atomic E-state index is -4.91. The van der Waals surface area contributed by atoms with Crippen molar-refractivity contribution < 1.29 is 27.3 Å². The van der Waals surface area contributed by atoms with Gasteiger partial charge in [-0.2, -0.15) is 13.2 Å². The fraction of sp³-hybridized carbons (Fsp3) is 0.364. The van der Waals surface area contributed by atoms with Gasteiger partial charge in [-0.05, 0) is 11.6 Å². The molecule has 0 aliphatic carbocycles. The molecule has 106 valence electrons. The second-order valence-electron chi connectivity index (χ2n) is 3.77. The highest BCUT2D eigenvalue weighted by atomic mass is 35.5. The van der Waals surface area contributed by atoms with Gasteiger partial charge in [-0.1, -0.05) is 29.8 Å². The molecule has 1 aromatic carbocycles. The van der Waals surface area contributed by atoms with E-state index in [1.807, 2.05) is 0 Å². The van der Waals surface area contributed by atoms with Gasteiger partial charge in [0.05, 0.1) is 5.75 Å². The molecule has 0 fully saturated rings. The molecule has 0 radical (unpaired) electrons. The van der Waals surface area contributed by atoms with E-state index < -0.39 is 34.6 Å². The molecule has 0 saturated heterocycles. The fourth-order valence-electron chi connectivity index (χ4n) is 1.34. The topological polar surface area (TPSA) is 54.4 Å². The van der Waals surface area contributed by atoms with E-state index in [0.717, 1.165) is 0 Å². The summed E-state index contributed by atoms with van der Waals surface area (Å²) in [7, 11) is -1.96. The number of carboxylic acids is 1. The molecular formula is C11H10ClF3O3S. The maximum absolute atomic E-state index is 12.4. The average molecular weight is 315 g/mol. The highest BCUT2D eigenvalue weighted by Crippen LogP contribution is 2.28. The molecule has 0 aliphatic heterocycles. The van der Waals surface area contributed by atoms with Gasteiger partial charge in [0.15, 0.2) is 5.92 Å². The molecule has 8 heteroatoms. The first-order chi connectivity index (χ1) is 8.71. The summed E-state index contributed by atoms with van der Waals surface area (Å²) < 4.78 is 48.8. The van der Waals surface area contributed by atoms with Gasteiger partial charge in [0.25, 0.3) is 0 Å². The number of hydrogen-bond acceptors (Lipinski definition) is 2. The summed E-state index contributed by atoms with van der Waals surface area (Å²) in [5.74, 6) is -5.85. The van der Waals surface area contributed by atoms with Crippen molar-refractivity contribution >= 4 is 28.4 Å². The molecule has 0 aromatic heterocycles. The van der Waals surface area contributed by atoms with Crippen molar-refractivity contribution in [2.75, 3.05) is 5.75 Å². The molecule has 0 spiro atoms. The van der Waals surface area contributed by atoms with E-state index in [4.69, 9.17) is 16.7 Å². The van der Waals surface area contributed by atoms with E-state index in [1.54, 1.807) is 12.1 Å². The van der Waals surface area contributed by atoms with Crippen LogP contribution >= 0.6 is 11.6 Å². The third-order valence-electron chi connectivity index (χ3n) is 2.32. The van der Waals surface area contributed by atoms with Crippen molar-refractivity contribution in [1.29, 1.82) is 0 Å². The molecule has 0 saturated carbocycles. The number of halogens is 4. The Morgan fingerprint density at radius 3 is 2.42 bits per heavy atom. The first kappa shape index (κ1) is 16.0. The van der Waals surface area contributed by atoms with Gasteiger partial charge in [-0.3, -0.25) is 9.00 Å². The van der Waals surface area contributed by atoms with Crippen LogP contribution in [0.25, 0.3) is 0 Å². The van der Waals surface area contributed by atoms with Gasteiger partial charge in [-0.25, -0.2) is 0 Å². The SMILES string of the molecule is O=C(O)C(CS(=O)Cc1ccccc1Cl)C(F)(F)F. The summed E-state index contributed by atoms with van der Waals surface area (Å²) in [6, 6.07) is 6.29. The smallest absolute Gasteiger partial charge is 0.403 e. The van der Waals surface area contributed by atoms with E-state index in [0.29, 0.717) is 5.56 Å². The summed E-state index contributed by atoms with van der Waals surface area (Å²) >= 11 is 5.78. The summed E-state index contributed by atoms with van der Waals surface area (Å²) in [6.07, 6.45) is -4.91. The standard InChI is InChI=1S/C11H10ClF3O3S/c12-9-4-2-1-3-7(9)5-19(18)6-8(10(16)17)11(13,14)15/h1-4,8H,5-6H2,(H,16,17). The Hall–Kier alpha value is -1.08. The number of hydrogen-bond donors (Lipinski definition) is 1. The molecular weight excluding hydrogens is 305 g/mol. The van der Waals surface area contributed by atoms with Crippen LogP contribution in [0.3, 0.4) is 0 Å². The number of aliphatic carboxylic acids is 1. The minimum absolute atomic E-state index is 0.209. The normalized spacial score (nSPS) is 14.9. The highest BCUT2D eigenvalue weighted by molar-refractivity contribution is 7.84.